The Labute approximate surface area is 155 Å². The van der Waals surface area contributed by atoms with E-state index >= 15 is 0 Å². The minimum atomic E-state index is -0.174. The monoisotopic (exact) mass is 378 g/mol. The van der Waals surface area contributed by atoms with Gasteiger partial charge in [0.2, 0.25) is 5.91 Å². The van der Waals surface area contributed by atoms with Gasteiger partial charge in [-0.05, 0) is 13.0 Å². The van der Waals surface area contributed by atoms with Crippen molar-refractivity contribution >= 4 is 35.1 Å². The second-order valence-electron chi connectivity index (χ2n) is 6.03. The number of carbonyl (C=O) groups excluding carboxylic acids is 2. The molecule has 0 spiro atoms. The van der Waals surface area contributed by atoms with E-state index in [0.29, 0.717) is 43.3 Å². The highest BCUT2D eigenvalue weighted by molar-refractivity contribution is 6.33. The number of piperazine rings is 1. The molecule has 0 saturated carbocycles. The third-order valence-corrected chi connectivity index (χ3v) is 4.34. The van der Waals surface area contributed by atoms with Crippen LogP contribution in [0.25, 0.3) is 0 Å². The maximum Gasteiger partial charge on any atom is 0.255 e. The summed E-state index contributed by atoms with van der Waals surface area (Å²) in [5, 5.41) is 6.67. The fourth-order valence-corrected chi connectivity index (χ4v) is 2.83. The van der Waals surface area contributed by atoms with Crippen LogP contribution in [0.3, 0.4) is 0 Å². The van der Waals surface area contributed by atoms with Crippen molar-refractivity contribution in [3.63, 3.8) is 0 Å². The summed E-state index contributed by atoms with van der Waals surface area (Å²) in [6.07, 6.45) is 1.42. The van der Waals surface area contributed by atoms with Crippen molar-refractivity contribution in [3.05, 3.63) is 34.7 Å². The van der Waals surface area contributed by atoms with Crippen molar-refractivity contribution in [2.75, 3.05) is 43.8 Å². The highest BCUT2D eigenvalue weighted by atomic mass is 35.5. The van der Waals surface area contributed by atoms with Crippen LogP contribution in [0.15, 0.2) is 22.9 Å². The molecule has 1 aliphatic rings. The molecule has 10 heteroatoms. The number of hydrogen-bond donors (Lipinski definition) is 2. The zero-order valence-corrected chi connectivity index (χ0v) is 15.0. The van der Waals surface area contributed by atoms with Gasteiger partial charge in [-0.3, -0.25) is 14.5 Å². The standard InChI is InChI=1S/C16H19ClN6O3/c1-10-6-13(21-26-10)20-14(24)9-22-2-4-23(5-3-22)16(25)11-7-12(17)15(18)19-8-11/h6-8H,2-5,9H2,1H3,(H2,18,19)(H,20,21,24). The number of pyridine rings is 1. The zero-order chi connectivity index (χ0) is 18.7. The Hall–Kier alpha value is -2.65. The Morgan fingerprint density at radius 2 is 2.04 bits per heavy atom. The van der Waals surface area contributed by atoms with E-state index in [1.807, 2.05) is 4.90 Å². The number of anilines is 2. The minimum Gasteiger partial charge on any atom is -0.382 e. The second kappa shape index (κ2) is 7.71. The lowest BCUT2D eigenvalue weighted by atomic mass is 10.2. The molecule has 9 nitrogen and oxygen atoms in total. The summed E-state index contributed by atoms with van der Waals surface area (Å²) in [6, 6.07) is 3.17. The number of nitrogens with zero attached hydrogens (tertiary/aromatic N) is 4. The lowest BCUT2D eigenvalue weighted by Crippen LogP contribution is -2.50. The van der Waals surface area contributed by atoms with Gasteiger partial charge < -0.3 is 20.5 Å². The molecule has 0 aliphatic carbocycles. The fourth-order valence-electron chi connectivity index (χ4n) is 2.67. The lowest BCUT2D eigenvalue weighted by molar-refractivity contribution is -0.117. The van der Waals surface area contributed by atoms with Gasteiger partial charge in [-0.15, -0.1) is 0 Å². The van der Waals surface area contributed by atoms with E-state index in [4.69, 9.17) is 21.9 Å². The minimum absolute atomic E-state index is 0.151. The third kappa shape index (κ3) is 4.30. The smallest absolute Gasteiger partial charge is 0.255 e. The molecule has 3 heterocycles. The number of nitrogens with two attached hydrogens (primary N) is 1. The maximum absolute atomic E-state index is 12.5. The number of rotatable bonds is 4. The van der Waals surface area contributed by atoms with Crippen LogP contribution in [0, 0.1) is 6.92 Å². The van der Waals surface area contributed by atoms with Gasteiger partial charge in [0.25, 0.3) is 5.91 Å². The Morgan fingerprint density at radius 3 is 2.65 bits per heavy atom. The Kier molecular flexibility index (Phi) is 5.38. The van der Waals surface area contributed by atoms with Gasteiger partial charge >= 0.3 is 0 Å². The SMILES string of the molecule is Cc1cc(NC(=O)CN2CCN(C(=O)c3cnc(N)c(Cl)c3)CC2)no1. The summed E-state index contributed by atoms with van der Waals surface area (Å²) in [7, 11) is 0. The van der Waals surface area contributed by atoms with Crippen molar-refractivity contribution in [1.29, 1.82) is 0 Å². The van der Waals surface area contributed by atoms with Crippen molar-refractivity contribution in [2.24, 2.45) is 0 Å². The largest absolute Gasteiger partial charge is 0.382 e. The van der Waals surface area contributed by atoms with Gasteiger partial charge in [-0.2, -0.15) is 0 Å². The predicted octanol–water partition coefficient (Wildman–Crippen LogP) is 1.01. The Bertz CT molecular complexity index is 816. The first-order valence-corrected chi connectivity index (χ1v) is 8.46. The van der Waals surface area contributed by atoms with Crippen LogP contribution in [0.1, 0.15) is 16.1 Å². The molecule has 1 saturated heterocycles. The molecule has 2 aromatic rings. The topological polar surface area (TPSA) is 118 Å². The Balaban J connectivity index is 1.49. The van der Waals surface area contributed by atoms with E-state index in [1.54, 1.807) is 17.9 Å². The summed E-state index contributed by atoms with van der Waals surface area (Å²) < 4.78 is 4.91. The van der Waals surface area contributed by atoms with Crippen molar-refractivity contribution in [1.82, 2.24) is 19.9 Å². The first kappa shape index (κ1) is 18.2. The van der Waals surface area contributed by atoms with E-state index in [9.17, 15) is 9.59 Å². The molecule has 26 heavy (non-hydrogen) atoms. The summed E-state index contributed by atoms with van der Waals surface area (Å²) >= 11 is 5.92. The van der Waals surface area contributed by atoms with Gasteiger partial charge in [0, 0.05) is 38.4 Å². The average molecular weight is 379 g/mol. The molecule has 2 aromatic heterocycles. The Morgan fingerprint density at radius 1 is 1.31 bits per heavy atom. The molecule has 0 unspecified atom stereocenters. The molecule has 0 atom stereocenters. The van der Waals surface area contributed by atoms with Gasteiger partial charge in [0.1, 0.15) is 11.6 Å². The van der Waals surface area contributed by atoms with E-state index in [-0.39, 0.29) is 29.2 Å². The van der Waals surface area contributed by atoms with E-state index in [2.05, 4.69) is 15.5 Å². The number of aryl methyl sites for hydroxylation is 1. The van der Waals surface area contributed by atoms with Crippen LogP contribution in [-0.4, -0.2) is 64.5 Å². The molecular formula is C16H19ClN6O3. The molecule has 2 amide bonds. The van der Waals surface area contributed by atoms with Gasteiger partial charge in [-0.25, -0.2) is 4.98 Å². The summed E-state index contributed by atoms with van der Waals surface area (Å²) in [5.41, 5.74) is 5.97. The third-order valence-electron chi connectivity index (χ3n) is 4.04. The normalized spacial score (nSPS) is 15.1. The number of aromatic nitrogens is 2. The lowest BCUT2D eigenvalue weighted by Gasteiger charge is -2.34. The molecule has 138 valence electrons. The molecule has 0 aromatic carbocycles. The van der Waals surface area contributed by atoms with Crippen LogP contribution in [0.2, 0.25) is 5.02 Å². The number of halogens is 1. The van der Waals surface area contributed by atoms with Crippen LogP contribution < -0.4 is 11.1 Å². The number of hydrogen-bond acceptors (Lipinski definition) is 7. The second-order valence-corrected chi connectivity index (χ2v) is 6.44. The number of carbonyl (C=O) groups is 2. The summed E-state index contributed by atoms with van der Waals surface area (Å²) in [6.45, 7) is 4.18. The van der Waals surface area contributed by atoms with Crippen LogP contribution in [0.5, 0.6) is 0 Å². The van der Waals surface area contributed by atoms with Gasteiger partial charge in [0.05, 0.1) is 17.1 Å². The summed E-state index contributed by atoms with van der Waals surface area (Å²) in [5.74, 6) is 0.897. The zero-order valence-electron chi connectivity index (χ0n) is 14.2. The molecular weight excluding hydrogens is 360 g/mol. The summed E-state index contributed by atoms with van der Waals surface area (Å²) in [4.78, 5) is 32.1. The number of nitrogens with one attached hydrogen (secondary N) is 1. The molecule has 3 N–H and O–H groups in total. The van der Waals surface area contributed by atoms with Crippen molar-refractivity contribution < 1.29 is 14.1 Å². The van der Waals surface area contributed by atoms with Crippen LogP contribution in [0.4, 0.5) is 11.6 Å². The van der Waals surface area contributed by atoms with Crippen molar-refractivity contribution in [2.45, 2.75) is 6.92 Å². The number of amides is 2. The molecule has 0 radical (unpaired) electrons. The van der Waals surface area contributed by atoms with Crippen molar-refractivity contribution in [3.8, 4) is 0 Å². The number of nitrogen functional groups attached to an aromatic ring is 1. The average Bonchev–Trinajstić information content (AvgIpc) is 3.02. The first-order valence-electron chi connectivity index (χ1n) is 8.08. The maximum atomic E-state index is 12.5. The van der Waals surface area contributed by atoms with Crippen LogP contribution in [-0.2, 0) is 4.79 Å². The highest BCUT2D eigenvalue weighted by Crippen LogP contribution is 2.18. The van der Waals surface area contributed by atoms with Gasteiger partial charge in [-0.1, -0.05) is 16.8 Å². The van der Waals surface area contributed by atoms with Gasteiger partial charge in [0.15, 0.2) is 5.82 Å². The van der Waals surface area contributed by atoms with E-state index < -0.39 is 0 Å². The quantitative estimate of drug-likeness (QED) is 0.815. The molecule has 1 fully saturated rings. The van der Waals surface area contributed by atoms with E-state index in [0.717, 1.165) is 0 Å². The predicted molar refractivity (Wildman–Crippen MR) is 95.9 cm³/mol. The highest BCUT2D eigenvalue weighted by Gasteiger charge is 2.24. The molecule has 3 rings (SSSR count). The molecule has 1 aliphatic heterocycles. The first-order chi connectivity index (χ1) is 12.4. The molecule has 0 bridgehead atoms. The fraction of sp³-hybridized carbons (Fsp3) is 0.375. The van der Waals surface area contributed by atoms with E-state index in [1.165, 1.54) is 12.3 Å². The van der Waals surface area contributed by atoms with Crippen LogP contribution >= 0.6 is 11.6 Å².